The van der Waals surface area contributed by atoms with Crippen molar-refractivity contribution in [2.24, 2.45) is 0 Å². The molecule has 0 fully saturated rings. The predicted molar refractivity (Wildman–Crippen MR) is 115 cm³/mol. The quantitative estimate of drug-likeness (QED) is 0.491. The highest BCUT2D eigenvalue weighted by atomic mass is 79.9. The molecule has 3 aromatic rings. The summed E-state index contributed by atoms with van der Waals surface area (Å²) in [6.07, 6.45) is 0. The van der Waals surface area contributed by atoms with Gasteiger partial charge in [-0.15, -0.1) is 0 Å². The molecule has 146 valence electrons. The van der Waals surface area contributed by atoms with E-state index in [9.17, 15) is 14.4 Å². The molecule has 0 saturated heterocycles. The summed E-state index contributed by atoms with van der Waals surface area (Å²) in [6, 6.07) is 19.5. The van der Waals surface area contributed by atoms with Crippen LogP contribution in [0, 0.1) is 0 Å². The first kappa shape index (κ1) is 20.6. The molecule has 3 rings (SSSR count). The molecule has 0 aliphatic heterocycles. The molecule has 3 aromatic carbocycles. The number of amides is 3. The second-order valence-electron chi connectivity index (χ2n) is 5.95. The third-order valence-electron chi connectivity index (χ3n) is 3.91. The molecule has 8 heteroatoms. The number of carbonyl (C=O) groups is 3. The summed E-state index contributed by atoms with van der Waals surface area (Å²) in [4.78, 5) is 36.4. The molecule has 3 N–H and O–H groups in total. The van der Waals surface area contributed by atoms with Gasteiger partial charge in [0.1, 0.15) is 0 Å². The fourth-order valence-corrected chi connectivity index (χ4v) is 2.76. The van der Waals surface area contributed by atoms with E-state index in [0.29, 0.717) is 27.4 Å². The first-order chi connectivity index (χ1) is 13.9. The van der Waals surface area contributed by atoms with E-state index in [4.69, 9.17) is 11.6 Å². The maximum absolute atomic E-state index is 12.2. The molecule has 3 amide bonds. The smallest absolute Gasteiger partial charge is 0.269 e. The average molecular weight is 473 g/mol. The molecule has 0 spiro atoms. The highest BCUT2D eigenvalue weighted by Gasteiger charge is 2.10. The number of rotatable bonds is 4. The minimum Gasteiger partial charge on any atom is -0.322 e. The molecule has 0 aliphatic carbocycles. The zero-order valence-corrected chi connectivity index (χ0v) is 17.3. The Labute approximate surface area is 180 Å². The van der Waals surface area contributed by atoms with Gasteiger partial charge in [-0.2, -0.15) is 0 Å². The lowest BCUT2D eigenvalue weighted by molar-refractivity contribution is 0.0846. The van der Waals surface area contributed by atoms with Crippen LogP contribution < -0.4 is 16.2 Å². The Morgan fingerprint density at radius 3 is 1.55 bits per heavy atom. The number of benzene rings is 3. The van der Waals surface area contributed by atoms with Crippen LogP contribution >= 0.6 is 27.5 Å². The average Bonchev–Trinajstić information content (AvgIpc) is 2.73. The Balaban J connectivity index is 1.55. The summed E-state index contributed by atoms with van der Waals surface area (Å²) in [5.41, 5.74) is 6.44. The van der Waals surface area contributed by atoms with Crippen LogP contribution in [-0.2, 0) is 0 Å². The summed E-state index contributed by atoms with van der Waals surface area (Å²) in [5.74, 6) is -1.20. The van der Waals surface area contributed by atoms with E-state index >= 15 is 0 Å². The summed E-state index contributed by atoms with van der Waals surface area (Å²) in [5, 5.41) is 3.28. The number of nitrogens with one attached hydrogen (secondary N) is 3. The highest BCUT2D eigenvalue weighted by molar-refractivity contribution is 9.10. The van der Waals surface area contributed by atoms with Crippen molar-refractivity contribution in [3.05, 3.63) is 99.0 Å². The molecule has 0 atom stereocenters. The summed E-state index contributed by atoms with van der Waals surface area (Å²) in [7, 11) is 0. The van der Waals surface area contributed by atoms with Gasteiger partial charge in [0.15, 0.2) is 0 Å². The van der Waals surface area contributed by atoms with E-state index in [-0.39, 0.29) is 5.91 Å². The van der Waals surface area contributed by atoms with E-state index < -0.39 is 11.8 Å². The van der Waals surface area contributed by atoms with Gasteiger partial charge in [0, 0.05) is 31.9 Å². The summed E-state index contributed by atoms with van der Waals surface area (Å²) in [6.45, 7) is 0. The number of carbonyl (C=O) groups excluding carboxylic acids is 3. The van der Waals surface area contributed by atoms with Crippen LogP contribution in [-0.4, -0.2) is 17.7 Å². The molecule has 0 heterocycles. The van der Waals surface area contributed by atoms with E-state index in [1.54, 1.807) is 72.8 Å². The molecule has 0 unspecified atom stereocenters. The van der Waals surface area contributed by atoms with Crippen LogP contribution in [0.5, 0.6) is 0 Å². The maximum Gasteiger partial charge on any atom is 0.269 e. The Bertz CT molecular complexity index is 1040. The minimum absolute atomic E-state index is 0.291. The van der Waals surface area contributed by atoms with Gasteiger partial charge < -0.3 is 5.32 Å². The Hall–Kier alpha value is -3.16. The van der Waals surface area contributed by atoms with Crippen molar-refractivity contribution < 1.29 is 14.4 Å². The van der Waals surface area contributed by atoms with Crippen LogP contribution in [0.4, 0.5) is 5.69 Å². The summed E-state index contributed by atoms with van der Waals surface area (Å²) < 4.78 is 0.848. The number of anilines is 1. The molecule has 29 heavy (non-hydrogen) atoms. The van der Waals surface area contributed by atoms with E-state index in [1.165, 1.54) is 0 Å². The van der Waals surface area contributed by atoms with Crippen LogP contribution in [0.15, 0.2) is 77.3 Å². The van der Waals surface area contributed by atoms with Gasteiger partial charge in [0.25, 0.3) is 17.7 Å². The Morgan fingerprint density at radius 2 is 1.03 bits per heavy atom. The Morgan fingerprint density at radius 1 is 0.621 bits per heavy atom. The lowest BCUT2D eigenvalue weighted by Gasteiger charge is -2.09. The molecule has 6 nitrogen and oxygen atoms in total. The standard InChI is InChI=1S/C21H15BrClN3O3/c22-16-7-1-14(2-8-16)20(28)25-26-21(29)15-5-11-18(12-6-15)24-19(27)13-3-9-17(23)10-4-13/h1-12H,(H,24,27)(H,25,28)(H,26,29). The predicted octanol–water partition coefficient (Wildman–Crippen LogP) is 4.43. The van der Waals surface area contributed by atoms with Crippen molar-refractivity contribution in [3.63, 3.8) is 0 Å². The van der Waals surface area contributed by atoms with Gasteiger partial charge in [-0.25, -0.2) is 0 Å². The molecule has 0 bridgehead atoms. The molecular formula is C21H15BrClN3O3. The van der Waals surface area contributed by atoms with Crippen LogP contribution in [0.1, 0.15) is 31.1 Å². The van der Waals surface area contributed by atoms with Crippen molar-refractivity contribution in [2.45, 2.75) is 0 Å². The fourth-order valence-electron chi connectivity index (χ4n) is 2.37. The van der Waals surface area contributed by atoms with E-state index in [1.807, 2.05) is 0 Å². The normalized spacial score (nSPS) is 10.1. The molecule has 0 aromatic heterocycles. The molecule has 0 saturated carbocycles. The molecular weight excluding hydrogens is 458 g/mol. The van der Waals surface area contributed by atoms with Crippen molar-refractivity contribution in [2.75, 3.05) is 5.32 Å². The number of hydrogen-bond acceptors (Lipinski definition) is 3. The van der Waals surface area contributed by atoms with Gasteiger partial charge >= 0.3 is 0 Å². The number of halogens is 2. The second kappa shape index (κ2) is 9.36. The minimum atomic E-state index is -0.481. The van der Waals surface area contributed by atoms with Crippen molar-refractivity contribution in [1.82, 2.24) is 10.9 Å². The lowest BCUT2D eigenvalue weighted by Crippen LogP contribution is -2.41. The van der Waals surface area contributed by atoms with E-state index in [2.05, 4.69) is 32.1 Å². The van der Waals surface area contributed by atoms with Gasteiger partial charge in [0.05, 0.1) is 0 Å². The van der Waals surface area contributed by atoms with Crippen LogP contribution in [0.25, 0.3) is 0 Å². The third kappa shape index (κ3) is 5.66. The first-order valence-corrected chi connectivity index (χ1v) is 9.63. The van der Waals surface area contributed by atoms with Crippen molar-refractivity contribution >= 4 is 50.9 Å². The van der Waals surface area contributed by atoms with E-state index in [0.717, 1.165) is 4.47 Å². The molecule has 0 radical (unpaired) electrons. The number of hydrogen-bond donors (Lipinski definition) is 3. The maximum atomic E-state index is 12.2. The largest absolute Gasteiger partial charge is 0.322 e. The van der Waals surface area contributed by atoms with Crippen LogP contribution in [0.3, 0.4) is 0 Å². The zero-order valence-electron chi connectivity index (χ0n) is 14.9. The van der Waals surface area contributed by atoms with Gasteiger partial charge in [-0.1, -0.05) is 27.5 Å². The van der Waals surface area contributed by atoms with Gasteiger partial charge in [-0.3, -0.25) is 25.2 Å². The monoisotopic (exact) mass is 471 g/mol. The highest BCUT2D eigenvalue weighted by Crippen LogP contribution is 2.14. The van der Waals surface area contributed by atoms with Crippen molar-refractivity contribution in [1.29, 1.82) is 0 Å². The fraction of sp³-hybridized carbons (Fsp3) is 0. The lowest BCUT2D eigenvalue weighted by atomic mass is 10.1. The Kier molecular flexibility index (Phi) is 6.64. The SMILES string of the molecule is O=C(NNC(=O)c1ccc(NC(=O)c2ccc(Cl)cc2)cc1)c1ccc(Br)cc1. The summed E-state index contributed by atoms with van der Waals surface area (Å²) >= 11 is 9.10. The zero-order chi connectivity index (χ0) is 20.8. The van der Waals surface area contributed by atoms with Crippen LogP contribution in [0.2, 0.25) is 5.02 Å². The van der Waals surface area contributed by atoms with Gasteiger partial charge in [-0.05, 0) is 72.8 Å². The molecule has 0 aliphatic rings. The third-order valence-corrected chi connectivity index (χ3v) is 4.69. The second-order valence-corrected chi connectivity index (χ2v) is 7.31. The van der Waals surface area contributed by atoms with Gasteiger partial charge in [0.2, 0.25) is 0 Å². The number of hydrazine groups is 1. The van der Waals surface area contributed by atoms with Crippen molar-refractivity contribution in [3.8, 4) is 0 Å². The first-order valence-electron chi connectivity index (χ1n) is 8.45. The topological polar surface area (TPSA) is 87.3 Å².